The molecule has 0 amide bonds. The van der Waals surface area contributed by atoms with Crippen LogP contribution in [0.4, 0.5) is 4.39 Å². The number of ether oxygens (including phenoxy) is 3. The van der Waals surface area contributed by atoms with Crippen molar-refractivity contribution in [1.82, 2.24) is 0 Å². The minimum Gasteiger partial charge on any atom is -0.497 e. The fourth-order valence-corrected chi connectivity index (χ4v) is 2.55. The molecule has 27 heavy (non-hydrogen) atoms. The van der Waals surface area contributed by atoms with Gasteiger partial charge in [-0.15, -0.1) is 0 Å². The number of benzene rings is 2. The van der Waals surface area contributed by atoms with E-state index in [1.165, 1.54) is 13.2 Å². The molecule has 146 valence electrons. The summed E-state index contributed by atoms with van der Waals surface area (Å²) in [5.74, 6) is 0.227. The van der Waals surface area contributed by atoms with Gasteiger partial charge in [0.15, 0.2) is 0 Å². The Morgan fingerprint density at radius 1 is 0.963 bits per heavy atom. The fraction of sp³-hybridized carbons (Fsp3) is 0.409. The van der Waals surface area contributed by atoms with Crippen LogP contribution in [0.3, 0.4) is 0 Å². The predicted molar refractivity (Wildman–Crippen MR) is 104 cm³/mol. The van der Waals surface area contributed by atoms with Gasteiger partial charge in [-0.05, 0) is 49.2 Å². The lowest BCUT2D eigenvalue weighted by Crippen LogP contribution is -2.07. The Bertz CT molecular complexity index is 758. The van der Waals surface area contributed by atoms with Gasteiger partial charge < -0.3 is 14.2 Å². The van der Waals surface area contributed by atoms with E-state index >= 15 is 0 Å². The molecular formula is C22H27FO4. The molecule has 2 rings (SSSR count). The summed E-state index contributed by atoms with van der Waals surface area (Å²) in [7, 11) is 1.53. The van der Waals surface area contributed by atoms with Gasteiger partial charge in [0, 0.05) is 11.1 Å². The minimum absolute atomic E-state index is 0.367. The van der Waals surface area contributed by atoms with E-state index in [1.54, 1.807) is 30.3 Å². The standard InChI is InChI=1S/C22H27FO4/c1-4-6-12-26-21-14-16(22(24)27-13-7-5-2)8-10-18(21)19-15-17(25-3)9-11-20(19)23/h8-11,14-15H,4-7,12-13H2,1-3H3. The van der Waals surface area contributed by atoms with E-state index in [2.05, 4.69) is 6.92 Å². The molecule has 0 aromatic heterocycles. The molecule has 0 heterocycles. The smallest absolute Gasteiger partial charge is 0.338 e. The number of hydrogen-bond acceptors (Lipinski definition) is 4. The van der Waals surface area contributed by atoms with Gasteiger partial charge in [0.1, 0.15) is 17.3 Å². The number of methoxy groups -OCH3 is 1. The molecule has 0 saturated carbocycles. The number of carbonyl (C=O) groups excluding carboxylic acids is 1. The third kappa shape index (κ3) is 5.71. The zero-order valence-electron chi connectivity index (χ0n) is 16.2. The van der Waals surface area contributed by atoms with Crippen molar-refractivity contribution < 1.29 is 23.4 Å². The second-order valence-electron chi connectivity index (χ2n) is 6.25. The number of halogens is 1. The number of esters is 1. The van der Waals surface area contributed by atoms with Crippen LogP contribution < -0.4 is 9.47 Å². The molecule has 0 bridgehead atoms. The first-order chi connectivity index (χ1) is 13.1. The molecule has 0 aliphatic heterocycles. The highest BCUT2D eigenvalue weighted by Crippen LogP contribution is 2.35. The lowest BCUT2D eigenvalue weighted by atomic mass is 10.0. The first-order valence-corrected chi connectivity index (χ1v) is 9.38. The molecule has 0 radical (unpaired) electrons. The molecular weight excluding hydrogens is 347 g/mol. The van der Waals surface area contributed by atoms with E-state index < -0.39 is 5.97 Å². The molecule has 0 atom stereocenters. The van der Waals surface area contributed by atoms with E-state index in [-0.39, 0.29) is 5.82 Å². The van der Waals surface area contributed by atoms with Gasteiger partial charge in [-0.3, -0.25) is 0 Å². The third-order valence-electron chi connectivity index (χ3n) is 4.17. The van der Waals surface area contributed by atoms with Crippen LogP contribution in [0.1, 0.15) is 49.9 Å². The zero-order chi connectivity index (χ0) is 19.6. The van der Waals surface area contributed by atoms with E-state index in [0.29, 0.717) is 41.4 Å². The zero-order valence-corrected chi connectivity index (χ0v) is 16.2. The van der Waals surface area contributed by atoms with Crippen LogP contribution in [0.15, 0.2) is 36.4 Å². The molecule has 0 N–H and O–H groups in total. The Labute approximate surface area is 160 Å². The summed E-state index contributed by atoms with van der Waals surface area (Å²) in [5.41, 5.74) is 1.34. The van der Waals surface area contributed by atoms with Crippen LogP contribution in [0.5, 0.6) is 11.5 Å². The maximum absolute atomic E-state index is 14.4. The average molecular weight is 374 g/mol. The largest absolute Gasteiger partial charge is 0.497 e. The Morgan fingerprint density at radius 3 is 2.41 bits per heavy atom. The Hall–Kier alpha value is -2.56. The summed E-state index contributed by atoms with van der Waals surface area (Å²) in [4.78, 5) is 12.2. The summed E-state index contributed by atoms with van der Waals surface area (Å²) in [5, 5.41) is 0. The normalized spacial score (nSPS) is 10.5. The lowest BCUT2D eigenvalue weighted by molar-refractivity contribution is 0.0499. The Kier molecular flexibility index (Phi) is 8.11. The average Bonchev–Trinajstić information content (AvgIpc) is 2.69. The highest BCUT2D eigenvalue weighted by atomic mass is 19.1. The summed E-state index contributed by atoms with van der Waals surface area (Å²) >= 11 is 0. The predicted octanol–water partition coefficient (Wildman–Crippen LogP) is 5.64. The number of rotatable bonds is 10. The monoisotopic (exact) mass is 374 g/mol. The summed E-state index contributed by atoms with van der Waals surface area (Å²) < 4.78 is 30.8. The molecule has 0 aliphatic carbocycles. The number of carbonyl (C=O) groups is 1. The van der Waals surface area contributed by atoms with Crippen molar-refractivity contribution in [1.29, 1.82) is 0 Å². The molecule has 2 aromatic rings. The van der Waals surface area contributed by atoms with Crippen LogP contribution in [0.2, 0.25) is 0 Å². The van der Waals surface area contributed by atoms with Gasteiger partial charge >= 0.3 is 5.97 Å². The molecule has 0 fully saturated rings. The van der Waals surface area contributed by atoms with Crippen molar-refractivity contribution in [2.45, 2.75) is 39.5 Å². The number of hydrogen-bond donors (Lipinski definition) is 0. The van der Waals surface area contributed by atoms with Crippen LogP contribution >= 0.6 is 0 Å². The lowest BCUT2D eigenvalue weighted by Gasteiger charge is -2.14. The summed E-state index contributed by atoms with van der Waals surface area (Å²) in [6.45, 7) is 4.97. The van der Waals surface area contributed by atoms with E-state index in [9.17, 15) is 9.18 Å². The maximum atomic E-state index is 14.4. The van der Waals surface area contributed by atoms with Crippen LogP contribution in [0.25, 0.3) is 11.1 Å². The van der Waals surface area contributed by atoms with Gasteiger partial charge in [-0.2, -0.15) is 0 Å². The van der Waals surface area contributed by atoms with Gasteiger partial charge in [0.05, 0.1) is 25.9 Å². The van der Waals surface area contributed by atoms with Crippen molar-refractivity contribution in [3.05, 3.63) is 47.8 Å². The van der Waals surface area contributed by atoms with E-state index in [1.807, 2.05) is 6.92 Å². The topological polar surface area (TPSA) is 44.8 Å². The molecule has 5 heteroatoms. The Balaban J connectivity index is 2.37. The first kappa shape index (κ1) is 20.7. The third-order valence-corrected chi connectivity index (χ3v) is 4.17. The van der Waals surface area contributed by atoms with Crippen molar-refractivity contribution in [2.24, 2.45) is 0 Å². The van der Waals surface area contributed by atoms with E-state index in [4.69, 9.17) is 14.2 Å². The quantitative estimate of drug-likeness (QED) is 0.399. The highest BCUT2D eigenvalue weighted by molar-refractivity contribution is 5.91. The van der Waals surface area contributed by atoms with Gasteiger partial charge in [-0.25, -0.2) is 9.18 Å². The highest BCUT2D eigenvalue weighted by Gasteiger charge is 2.16. The van der Waals surface area contributed by atoms with Gasteiger partial charge in [-0.1, -0.05) is 26.7 Å². The first-order valence-electron chi connectivity index (χ1n) is 9.38. The van der Waals surface area contributed by atoms with Crippen molar-refractivity contribution >= 4 is 5.97 Å². The van der Waals surface area contributed by atoms with Crippen LogP contribution in [-0.2, 0) is 4.74 Å². The molecule has 4 nitrogen and oxygen atoms in total. The molecule has 0 saturated heterocycles. The Morgan fingerprint density at radius 2 is 1.70 bits per heavy atom. The molecule has 0 spiro atoms. The van der Waals surface area contributed by atoms with E-state index in [0.717, 1.165) is 25.7 Å². The van der Waals surface area contributed by atoms with Crippen LogP contribution in [-0.4, -0.2) is 26.3 Å². The summed E-state index contributed by atoms with van der Waals surface area (Å²) in [6.07, 6.45) is 3.61. The van der Waals surface area contributed by atoms with Gasteiger partial charge in [0.25, 0.3) is 0 Å². The SMILES string of the molecule is CCCCOC(=O)c1ccc(-c2cc(OC)ccc2F)c(OCCCC)c1. The maximum Gasteiger partial charge on any atom is 0.338 e. The second kappa shape index (κ2) is 10.6. The second-order valence-corrected chi connectivity index (χ2v) is 6.25. The van der Waals surface area contributed by atoms with Crippen LogP contribution in [0, 0.1) is 5.82 Å². The summed E-state index contributed by atoms with van der Waals surface area (Å²) in [6, 6.07) is 9.49. The van der Waals surface area contributed by atoms with Crippen molar-refractivity contribution in [2.75, 3.05) is 20.3 Å². The minimum atomic E-state index is -0.401. The fourth-order valence-electron chi connectivity index (χ4n) is 2.55. The molecule has 0 aliphatic rings. The van der Waals surface area contributed by atoms with Crippen molar-refractivity contribution in [3.8, 4) is 22.6 Å². The van der Waals surface area contributed by atoms with Gasteiger partial charge in [0.2, 0.25) is 0 Å². The molecule has 2 aromatic carbocycles. The molecule has 0 unspecified atom stereocenters. The van der Waals surface area contributed by atoms with Crippen molar-refractivity contribution in [3.63, 3.8) is 0 Å². The number of unbranched alkanes of at least 4 members (excludes halogenated alkanes) is 2.